The second-order valence-corrected chi connectivity index (χ2v) is 6.41. The fraction of sp³-hybridized carbons (Fsp3) is 0.611. The first-order valence-corrected chi connectivity index (χ1v) is 8.41. The largest absolute Gasteiger partial charge is 0.355 e. The molecule has 1 saturated heterocycles. The first-order valence-electron chi connectivity index (χ1n) is 8.41. The molecule has 0 radical (unpaired) electrons. The molecule has 4 nitrogen and oxygen atoms in total. The molecule has 1 aromatic carbocycles. The maximum absolute atomic E-state index is 12.2. The number of hydrogen-bond acceptors (Lipinski definition) is 3. The molecule has 2 rings (SSSR count). The van der Waals surface area contributed by atoms with Gasteiger partial charge in [-0.1, -0.05) is 44.2 Å². The molecule has 0 aromatic heterocycles. The summed E-state index contributed by atoms with van der Waals surface area (Å²) in [4.78, 5) is 14.6. The van der Waals surface area contributed by atoms with E-state index >= 15 is 0 Å². The van der Waals surface area contributed by atoms with E-state index in [0.29, 0.717) is 18.3 Å². The summed E-state index contributed by atoms with van der Waals surface area (Å²) in [5, 5.41) is 6.43. The Bertz CT molecular complexity index is 441. The second-order valence-electron chi connectivity index (χ2n) is 6.41. The summed E-state index contributed by atoms with van der Waals surface area (Å²) in [6.45, 7) is 10.3. The maximum atomic E-state index is 12.2. The summed E-state index contributed by atoms with van der Waals surface area (Å²) in [5.41, 5.74) is 1.26. The normalized spacial score (nSPS) is 17.4. The van der Waals surface area contributed by atoms with Gasteiger partial charge < -0.3 is 10.6 Å². The van der Waals surface area contributed by atoms with Crippen molar-refractivity contribution in [2.24, 2.45) is 5.92 Å². The van der Waals surface area contributed by atoms with Crippen LogP contribution in [0.2, 0.25) is 0 Å². The number of nitrogens with one attached hydrogen (secondary N) is 2. The van der Waals surface area contributed by atoms with E-state index in [4.69, 9.17) is 0 Å². The average Bonchev–Trinajstić information content (AvgIpc) is 2.54. The predicted molar refractivity (Wildman–Crippen MR) is 91.0 cm³/mol. The Kier molecular flexibility index (Phi) is 6.87. The van der Waals surface area contributed by atoms with E-state index in [-0.39, 0.29) is 5.91 Å². The molecule has 1 unspecified atom stereocenters. The molecule has 2 N–H and O–H groups in total. The van der Waals surface area contributed by atoms with Crippen LogP contribution < -0.4 is 10.6 Å². The number of nitrogens with zero attached hydrogens (tertiary/aromatic N) is 1. The summed E-state index contributed by atoms with van der Waals surface area (Å²) in [6, 6.07) is 10.4. The highest BCUT2D eigenvalue weighted by molar-refractivity contribution is 5.76. The lowest BCUT2D eigenvalue weighted by Crippen LogP contribution is -2.46. The number of amides is 1. The Morgan fingerprint density at radius 2 is 1.91 bits per heavy atom. The lowest BCUT2D eigenvalue weighted by molar-refractivity contribution is -0.121. The van der Waals surface area contributed by atoms with Crippen LogP contribution in [0.15, 0.2) is 30.3 Å². The number of benzene rings is 1. The van der Waals surface area contributed by atoms with Gasteiger partial charge in [0, 0.05) is 45.7 Å². The van der Waals surface area contributed by atoms with Gasteiger partial charge in [-0.15, -0.1) is 0 Å². The molecule has 0 bridgehead atoms. The van der Waals surface area contributed by atoms with Crippen molar-refractivity contribution >= 4 is 5.91 Å². The van der Waals surface area contributed by atoms with Gasteiger partial charge in [-0.2, -0.15) is 0 Å². The van der Waals surface area contributed by atoms with Gasteiger partial charge >= 0.3 is 0 Å². The number of hydrogen-bond donors (Lipinski definition) is 2. The Morgan fingerprint density at radius 1 is 1.23 bits per heavy atom. The van der Waals surface area contributed by atoms with Crippen LogP contribution >= 0.6 is 0 Å². The van der Waals surface area contributed by atoms with E-state index in [2.05, 4.69) is 41.5 Å². The first-order chi connectivity index (χ1) is 10.7. The van der Waals surface area contributed by atoms with E-state index in [1.807, 2.05) is 18.2 Å². The number of carbonyl (C=O) groups is 1. The molecule has 1 amide bonds. The third-order valence-electron chi connectivity index (χ3n) is 4.40. The Hall–Kier alpha value is -1.39. The van der Waals surface area contributed by atoms with Gasteiger partial charge in [-0.25, -0.2) is 0 Å². The summed E-state index contributed by atoms with van der Waals surface area (Å²) in [6.07, 6.45) is 0.573. The highest BCUT2D eigenvalue weighted by atomic mass is 16.1. The Labute approximate surface area is 134 Å². The molecule has 1 aliphatic rings. The van der Waals surface area contributed by atoms with Crippen LogP contribution in [-0.4, -0.2) is 50.1 Å². The molecule has 122 valence electrons. The number of rotatable bonds is 7. The van der Waals surface area contributed by atoms with Crippen molar-refractivity contribution in [1.82, 2.24) is 15.5 Å². The van der Waals surface area contributed by atoms with E-state index in [1.54, 1.807) is 0 Å². The highest BCUT2D eigenvalue weighted by Crippen LogP contribution is 2.27. The zero-order valence-corrected chi connectivity index (χ0v) is 13.8. The molecule has 1 aliphatic heterocycles. The van der Waals surface area contributed by atoms with E-state index in [9.17, 15) is 4.79 Å². The monoisotopic (exact) mass is 303 g/mol. The molecule has 22 heavy (non-hydrogen) atoms. The lowest BCUT2D eigenvalue weighted by atomic mass is 9.85. The van der Waals surface area contributed by atoms with Crippen molar-refractivity contribution in [3.63, 3.8) is 0 Å². The summed E-state index contributed by atoms with van der Waals surface area (Å²) < 4.78 is 0. The molecule has 0 spiro atoms. The highest BCUT2D eigenvalue weighted by Gasteiger charge is 2.19. The van der Waals surface area contributed by atoms with E-state index in [0.717, 1.165) is 39.3 Å². The smallest absolute Gasteiger partial charge is 0.220 e. The average molecular weight is 303 g/mol. The maximum Gasteiger partial charge on any atom is 0.220 e. The Morgan fingerprint density at radius 3 is 2.55 bits per heavy atom. The van der Waals surface area contributed by atoms with Crippen molar-refractivity contribution in [1.29, 1.82) is 0 Å². The first kappa shape index (κ1) is 17.0. The SMILES string of the molecule is CC(C)C(CC(=O)NCCN1CCNCC1)c1ccccc1. The molecule has 1 fully saturated rings. The van der Waals surface area contributed by atoms with E-state index in [1.165, 1.54) is 5.56 Å². The minimum Gasteiger partial charge on any atom is -0.355 e. The predicted octanol–water partition coefficient (Wildman–Crippen LogP) is 1.84. The van der Waals surface area contributed by atoms with Crippen molar-refractivity contribution in [3.05, 3.63) is 35.9 Å². The van der Waals surface area contributed by atoms with Crippen LogP contribution in [0.3, 0.4) is 0 Å². The standard InChI is InChI=1S/C18H29N3O/c1-15(2)17(16-6-4-3-5-7-16)14-18(22)20-10-13-21-11-8-19-9-12-21/h3-7,15,17,19H,8-14H2,1-2H3,(H,20,22). The summed E-state index contributed by atoms with van der Waals surface area (Å²) in [7, 11) is 0. The zero-order chi connectivity index (χ0) is 15.8. The zero-order valence-electron chi connectivity index (χ0n) is 13.8. The van der Waals surface area contributed by atoms with Crippen molar-refractivity contribution in [2.75, 3.05) is 39.3 Å². The van der Waals surface area contributed by atoms with Crippen LogP contribution in [0.25, 0.3) is 0 Å². The fourth-order valence-corrected chi connectivity index (χ4v) is 3.00. The number of piperazine rings is 1. The molecular formula is C18H29N3O. The van der Waals surface area contributed by atoms with Crippen LogP contribution in [0.4, 0.5) is 0 Å². The molecule has 0 aliphatic carbocycles. The van der Waals surface area contributed by atoms with Gasteiger partial charge in [-0.3, -0.25) is 9.69 Å². The van der Waals surface area contributed by atoms with Crippen LogP contribution in [-0.2, 0) is 4.79 Å². The molecular weight excluding hydrogens is 274 g/mol. The minimum absolute atomic E-state index is 0.165. The van der Waals surface area contributed by atoms with E-state index < -0.39 is 0 Å². The summed E-state index contributed by atoms with van der Waals surface area (Å²) >= 11 is 0. The Balaban J connectivity index is 1.76. The third kappa shape index (κ3) is 5.43. The van der Waals surface area contributed by atoms with Gasteiger partial charge in [0.05, 0.1) is 0 Å². The quantitative estimate of drug-likeness (QED) is 0.808. The van der Waals surface area contributed by atoms with Gasteiger partial charge in [-0.05, 0) is 17.4 Å². The van der Waals surface area contributed by atoms with Crippen LogP contribution in [0, 0.1) is 5.92 Å². The fourth-order valence-electron chi connectivity index (χ4n) is 3.00. The van der Waals surface area contributed by atoms with Crippen molar-refractivity contribution in [2.45, 2.75) is 26.2 Å². The number of carbonyl (C=O) groups excluding carboxylic acids is 1. The van der Waals surface area contributed by atoms with Crippen LogP contribution in [0.1, 0.15) is 31.7 Å². The van der Waals surface area contributed by atoms with Crippen molar-refractivity contribution < 1.29 is 4.79 Å². The molecule has 1 aromatic rings. The minimum atomic E-state index is 0.165. The molecule has 1 heterocycles. The molecule has 4 heteroatoms. The van der Waals surface area contributed by atoms with Crippen LogP contribution in [0.5, 0.6) is 0 Å². The third-order valence-corrected chi connectivity index (χ3v) is 4.40. The lowest BCUT2D eigenvalue weighted by Gasteiger charge is -2.27. The summed E-state index contributed by atoms with van der Waals surface area (Å²) in [5.74, 6) is 0.916. The van der Waals surface area contributed by atoms with Gasteiger partial charge in [0.1, 0.15) is 0 Å². The van der Waals surface area contributed by atoms with Gasteiger partial charge in [0.15, 0.2) is 0 Å². The topological polar surface area (TPSA) is 44.4 Å². The van der Waals surface area contributed by atoms with Gasteiger partial charge in [0.25, 0.3) is 0 Å². The van der Waals surface area contributed by atoms with Crippen molar-refractivity contribution in [3.8, 4) is 0 Å². The molecule has 0 saturated carbocycles. The molecule has 1 atom stereocenters. The van der Waals surface area contributed by atoms with Gasteiger partial charge in [0.2, 0.25) is 5.91 Å². The second kappa shape index (κ2) is 8.91.